The Bertz CT molecular complexity index is 1040. The second-order valence-electron chi connectivity index (χ2n) is 9.56. The highest BCUT2D eigenvalue weighted by molar-refractivity contribution is 5.86. The number of nitrogens with zero attached hydrogens (tertiary/aromatic N) is 1. The first-order valence-corrected chi connectivity index (χ1v) is 11.9. The highest BCUT2D eigenvalue weighted by Gasteiger charge is 2.40. The van der Waals surface area contributed by atoms with E-state index < -0.39 is 30.1 Å². The van der Waals surface area contributed by atoms with Crippen molar-refractivity contribution in [3.63, 3.8) is 0 Å². The van der Waals surface area contributed by atoms with Gasteiger partial charge in [0.25, 0.3) is 0 Å². The summed E-state index contributed by atoms with van der Waals surface area (Å²) in [5.41, 5.74) is 4.58. The zero-order chi connectivity index (χ0) is 24.4. The highest BCUT2D eigenvalue weighted by Crippen LogP contribution is 2.44. The Kier molecular flexibility index (Phi) is 6.91. The summed E-state index contributed by atoms with van der Waals surface area (Å²) < 4.78 is 5.64. The number of hydrogen-bond donors (Lipinski definition) is 2. The fourth-order valence-corrected chi connectivity index (χ4v) is 5.47. The molecule has 7 nitrogen and oxygen atoms in total. The number of benzene rings is 2. The molecule has 2 aliphatic rings. The molecule has 34 heavy (non-hydrogen) atoms. The van der Waals surface area contributed by atoms with E-state index in [2.05, 4.69) is 29.6 Å². The number of alkyl carbamates (subject to hydrolysis) is 1. The average Bonchev–Trinajstić information content (AvgIpc) is 3.41. The number of carboxylic acids is 1. The van der Waals surface area contributed by atoms with Crippen molar-refractivity contribution in [2.75, 3.05) is 13.2 Å². The van der Waals surface area contributed by atoms with Crippen LogP contribution in [0.1, 0.15) is 50.7 Å². The van der Waals surface area contributed by atoms with Crippen molar-refractivity contribution in [2.24, 2.45) is 11.8 Å². The zero-order valence-corrected chi connectivity index (χ0v) is 19.9. The van der Waals surface area contributed by atoms with E-state index in [9.17, 15) is 19.5 Å². The molecule has 1 heterocycles. The van der Waals surface area contributed by atoms with Gasteiger partial charge >= 0.3 is 12.1 Å². The quantitative estimate of drug-likeness (QED) is 0.638. The number of carbonyl (C=O) groups excluding carboxylic acids is 2. The van der Waals surface area contributed by atoms with Gasteiger partial charge < -0.3 is 20.1 Å². The molecule has 2 N–H and O–H groups in total. The second kappa shape index (κ2) is 9.87. The zero-order valence-electron chi connectivity index (χ0n) is 19.9. The van der Waals surface area contributed by atoms with Crippen LogP contribution in [0.5, 0.6) is 0 Å². The number of aliphatic carboxylic acids is 1. The maximum absolute atomic E-state index is 13.2. The van der Waals surface area contributed by atoms with Crippen LogP contribution in [-0.2, 0) is 14.3 Å². The van der Waals surface area contributed by atoms with Crippen LogP contribution in [0.25, 0.3) is 11.1 Å². The minimum absolute atomic E-state index is 0.0445. The van der Waals surface area contributed by atoms with Gasteiger partial charge in [0.05, 0.1) is 5.92 Å². The lowest BCUT2D eigenvalue weighted by molar-refractivity contribution is -0.151. The molecule has 2 aromatic rings. The smallest absolute Gasteiger partial charge is 0.407 e. The summed E-state index contributed by atoms with van der Waals surface area (Å²) in [6.07, 6.45) is 0.547. The van der Waals surface area contributed by atoms with Gasteiger partial charge in [0.15, 0.2) is 0 Å². The van der Waals surface area contributed by atoms with E-state index in [1.165, 1.54) is 4.90 Å². The minimum atomic E-state index is -0.981. The fourth-order valence-electron chi connectivity index (χ4n) is 5.47. The van der Waals surface area contributed by atoms with Crippen molar-refractivity contribution in [2.45, 2.75) is 51.6 Å². The van der Waals surface area contributed by atoms with E-state index >= 15 is 0 Å². The van der Waals surface area contributed by atoms with Gasteiger partial charge in [0.2, 0.25) is 5.91 Å². The molecular weight excluding hydrogens is 432 g/mol. The van der Waals surface area contributed by atoms with Crippen molar-refractivity contribution >= 4 is 18.0 Å². The summed E-state index contributed by atoms with van der Waals surface area (Å²) >= 11 is 0. The third kappa shape index (κ3) is 4.52. The number of likely N-dealkylation sites (tertiary alicyclic amines) is 1. The van der Waals surface area contributed by atoms with Crippen LogP contribution in [0.2, 0.25) is 0 Å². The van der Waals surface area contributed by atoms with Gasteiger partial charge in [-0.05, 0) is 47.9 Å². The van der Waals surface area contributed by atoms with Crippen LogP contribution in [0.15, 0.2) is 48.5 Å². The molecular formula is C27H32N2O5. The summed E-state index contributed by atoms with van der Waals surface area (Å²) in [4.78, 5) is 39.0. The lowest BCUT2D eigenvalue weighted by Gasteiger charge is -2.32. The number of amides is 2. The van der Waals surface area contributed by atoms with E-state index in [1.54, 1.807) is 6.92 Å². The monoisotopic (exact) mass is 464 g/mol. The molecule has 0 aromatic heterocycles. The molecule has 0 saturated carbocycles. The molecule has 3 atom stereocenters. The number of carbonyl (C=O) groups is 3. The van der Waals surface area contributed by atoms with E-state index in [4.69, 9.17) is 4.74 Å². The molecule has 7 heteroatoms. The predicted molar refractivity (Wildman–Crippen MR) is 128 cm³/mol. The number of ether oxygens (including phenoxy) is 1. The number of nitrogens with one attached hydrogen (secondary N) is 1. The van der Waals surface area contributed by atoms with Crippen LogP contribution < -0.4 is 5.32 Å². The molecule has 1 saturated heterocycles. The molecule has 2 aromatic carbocycles. The lowest BCUT2D eigenvalue weighted by Crippen LogP contribution is -2.51. The molecule has 2 amide bonds. The first-order chi connectivity index (χ1) is 16.3. The molecule has 1 fully saturated rings. The highest BCUT2D eigenvalue weighted by atomic mass is 16.5. The largest absolute Gasteiger partial charge is 0.480 e. The Labute approximate surface area is 200 Å². The van der Waals surface area contributed by atoms with Gasteiger partial charge in [0, 0.05) is 18.5 Å². The molecule has 1 aliphatic heterocycles. The average molecular weight is 465 g/mol. The summed E-state index contributed by atoms with van der Waals surface area (Å²) in [5.74, 6) is -1.87. The lowest BCUT2D eigenvalue weighted by atomic mass is 9.87. The Balaban J connectivity index is 1.41. The molecule has 0 spiro atoms. The third-order valence-corrected chi connectivity index (χ3v) is 7.05. The Hall–Kier alpha value is -3.35. The van der Waals surface area contributed by atoms with Gasteiger partial charge in [0.1, 0.15) is 12.6 Å². The van der Waals surface area contributed by atoms with E-state index in [0.29, 0.717) is 19.4 Å². The predicted octanol–water partition coefficient (Wildman–Crippen LogP) is 4.26. The topological polar surface area (TPSA) is 95.9 Å². The molecule has 4 rings (SSSR count). The normalized spacial score (nSPS) is 18.8. The van der Waals surface area contributed by atoms with E-state index in [-0.39, 0.29) is 24.3 Å². The Morgan fingerprint density at radius 3 is 2.18 bits per heavy atom. The van der Waals surface area contributed by atoms with Crippen molar-refractivity contribution in [3.8, 4) is 11.1 Å². The number of fused-ring (bicyclic) bond motifs is 3. The molecule has 180 valence electrons. The minimum Gasteiger partial charge on any atom is -0.480 e. The standard InChI is InChI=1S/C27H32N2O5/c1-16(2)24(25(30)29-14-8-13-23(29)26(31)32)17(3)28-27(33)34-15-22-20-11-6-4-9-18(20)19-10-5-7-12-21(19)22/h4-7,9-12,16-17,22-24H,8,13-15H2,1-3H3,(H,28,33)(H,31,32). The molecule has 3 unspecified atom stereocenters. The maximum Gasteiger partial charge on any atom is 0.407 e. The Morgan fingerprint density at radius 1 is 1.03 bits per heavy atom. The van der Waals surface area contributed by atoms with Gasteiger partial charge in [-0.15, -0.1) is 0 Å². The summed E-state index contributed by atoms with van der Waals surface area (Å²) in [6.45, 7) is 6.21. The van der Waals surface area contributed by atoms with Crippen molar-refractivity contribution in [3.05, 3.63) is 59.7 Å². The van der Waals surface area contributed by atoms with Crippen LogP contribution in [0, 0.1) is 11.8 Å². The first kappa shape index (κ1) is 23.8. The molecule has 0 radical (unpaired) electrons. The van der Waals surface area contributed by atoms with Crippen LogP contribution in [-0.4, -0.2) is 53.2 Å². The van der Waals surface area contributed by atoms with Crippen molar-refractivity contribution < 1.29 is 24.2 Å². The van der Waals surface area contributed by atoms with Gasteiger partial charge in [-0.25, -0.2) is 9.59 Å². The molecule has 0 bridgehead atoms. The van der Waals surface area contributed by atoms with Crippen LogP contribution >= 0.6 is 0 Å². The van der Waals surface area contributed by atoms with E-state index in [0.717, 1.165) is 22.3 Å². The van der Waals surface area contributed by atoms with Gasteiger partial charge in [-0.3, -0.25) is 4.79 Å². The molecule has 1 aliphatic carbocycles. The summed E-state index contributed by atoms with van der Waals surface area (Å²) in [6, 6.07) is 15.0. The Morgan fingerprint density at radius 2 is 1.62 bits per heavy atom. The SMILES string of the molecule is CC(C)C(C(=O)N1CCCC1C(=O)O)C(C)NC(=O)OCC1c2ccccc2-c2ccccc21. The maximum atomic E-state index is 13.2. The second-order valence-corrected chi connectivity index (χ2v) is 9.56. The fraction of sp³-hybridized carbons (Fsp3) is 0.444. The first-order valence-electron chi connectivity index (χ1n) is 11.9. The van der Waals surface area contributed by atoms with E-state index in [1.807, 2.05) is 38.1 Å². The third-order valence-electron chi connectivity index (χ3n) is 7.05. The van der Waals surface area contributed by atoms with Crippen LogP contribution in [0.4, 0.5) is 4.79 Å². The van der Waals surface area contributed by atoms with Crippen molar-refractivity contribution in [1.82, 2.24) is 10.2 Å². The van der Waals surface area contributed by atoms with Crippen molar-refractivity contribution in [1.29, 1.82) is 0 Å². The number of rotatable bonds is 7. The summed E-state index contributed by atoms with van der Waals surface area (Å²) in [5, 5.41) is 12.3. The van der Waals surface area contributed by atoms with Gasteiger partial charge in [-0.2, -0.15) is 0 Å². The number of carboxylic acid groups (broad SMARTS) is 1. The van der Waals surface area contributed by atoms with Crippen LogP contribution in [0.3, 0.4) is 0 Å². The van der Waals surface area contributed by atoms with Gasteiger partial charge in [-0.1, -0.05) is 62.4 Å². The summed E-state index contributed by atoms with van der Waals surface area (Å²) in [7, 11) is 0. The number of hydrogen-bond acceptors (Lipinski definition) is 4.